The van der Waals surface area contributed by atoms with Crippen molar-refractivity contribution in [2.45, 2.75) is 64.1 Å². The predicted molar refractivity (Wildman–Crippen MR) is 280 cm³/mol. The van der Waals surface area contributed by atoms with Gasteiger partial charge >= 0.3 is 18.7 Å². The third-order valence-electron chi connectivity index (χ3n) is 12.3. The number of carbonyl (C=O) groups is 2. The zero-order valence-electron chi connectivity index (χ0n) is 40.0. The topological polar surface area (TPSA) is 177 Å². The smallest absolute Gasteiger partial charge is 0.481 e. The molecule has 1 saturated heterocycles. The number of hydrogen-bond donors (Lipinski definition) is 3. The summed E-state index contributed by atoms with van der Waals surface area (Å²) in [5, 5.41) is 24.7. The van der Waals surface area contributed by atoms with E-state index in [-0.39, 0.29) is 41.4 Å². The number of amides is 1. The molecule has 3 N–H and O–H groups in total. The van der Waals surface area contributed by atoms with Crippen molar-refractivity contribution in [3.63, 3.8) is 0 Å². The number of aromatic amines is 2. The molecule has 1 aliphatic carbocycles. The number of aliphatic carboxylic acids is 1. The van der Waals surface area contributed by atoms with E-state index in [1.807, 2.05) is 60.7 Å². The third kappa shape index (κ3) is 14.1. The Morgan fingerprint density at radius 3 is 1.55 bits per heavy atom. The number of aryl methyl sites for hydroxylation is 1. The number of benzene rings is 6. The van der Waals surface area contributed by atoms with Crippen LogP contribution in [0.5, 0.6) is 11.5 Å². The molecule has 13 nitrogen and oxygen atoms in total. The SMILES string of the molecule is C1CCOC1.FC(F)(F)Oc1cc(Br)c2c(c1)CCC2.O=C(Cc1ccc(-c2n[nH]c(=O)c3ccccc23)cc1)N1CCc2cc(OC(F)(F)F)cc(Br)c21.O=C(O)Cc1ccc(-c2n[nH]c(=O)c3ccccc23)cc1. The molecule has 3 aliphatic rings. The molecule has 8 aromatic rings. The van der Waals surface area contributed by atoms with Gasteiger partial charge in [-0.25, -0.2) is 10.2 Å². The standard InChI is InChI=1S/C25H17BrF3N3O3.C16H12N2O3.C10H8BrF3O.C4H8O/c26-20-13-17(35-25(27,28)29)12-16-9-10-32(23(16)20)21(33)11-14-5-7-15(8-6-14)22-18-3-1-2-4-19(18)24(34)31-30-22;19-14(20)9-10-5-7-11(8-6-10)15-12-3-1-2-4-13(12)16(21)18-17-15;11-9-5-7(15-10(12,13)14)4-6-2-1-3-8(6)9;1-2-4-5-3-1/h1-8,12-13H,9-11H2,(H,31,34);1-8H,9H2,(H,18,21)(H,19,20);4-5H,1-3H2;1-4H2. The van der Waals surface area contributed by atoms with Gasteiger partial charge in [-0.2, -0.15) is 10.2 Å². The maximum Gasteiger partial charge on any atom is 0.573 e. The van der Waals surface area contributed by atoms with Crippen molar-refractivity contribution in [3.05, 3.63) is 179 Å². The van der Waals surface area contributed by atoms with Crippen molar-refractivity contribution in [3.8, 4) is 34.0 Å². The number of H-pyrrole nitrogens is 2. The minimum absolute atomic E-state index is 0.0138. The molecular weight excluding hydrogens is 1130 g/mol. The zero-order valence-corrected chi connectivity index (χ0v) is 43.2. The largest absolute Gasteiger partial charge is 0.573 e. The maximum atomic E-state index is 13.1. The minimum atomic E-state index is -4.79. The van der Waals surface area contributed by atoms with Crippen LogP contribution in [-0.2, 0) is 46.4 Å². The van der Waals surface area contributed by atoms with Crippen molar-refractivity contribution >= 4 is 71.0 Å². The number of halogens is 8. The summed E-state index contributed by atoms with van der Waals surface area (Å²) in [4.78, 5) is 49.1. The number of carboxylic acid groups (broad SMARTS) is 1. The molecule has 0 unspecified atom stereocenters. The lowest BCUT2D eigenvalue weighted by Gasteiger charge is -2.20. The number of carboxylic acids is 1. The number of nitrogens with zero attached hydrogens (tertiary/aromatic N) is 3. The van der Waals surface area contributed by atoms with E-state index >= 15 is 0 Å². The molecule has 2 aliphatic heterocycles. The van der Waals surface area contributed by atoms with Crippen LogP contribution in [0.3, 0.4) is 0 Å². The number of carbonyl (C=O) groups excluding carboxylic acids is 1. The molecule has 394 valence electrons. The van der Waals surface area contributed by atoms with Crippen LogP contribution in [-0.4, -0.2) is 69.9 Å². The highest BCUT2D eigenvalue weighted by Crippen LogP contribution is 2.41. The lowest BCUT2D eigenvalue weighted by atomic mass is 10.0. The quantitative estimate of drug-likeness (QED) is 0.124. The highest BCUT2D eigenvalue weighted by atomic mass is 79.9. The van der Waals surface area contributed by atoms with Crippen molar-refractivity contribution in [1.29, 1.82) is 0 Å². The second kappa shape index (κ2) is 24.1. The normalized spacial score (nSPS) is 13.6. The Kier molecular flexibility index (Phi) is 17.4. The number of ether oxygens (including phenoxy) is 3. The molecule has 6 aromatic carbocycles. The van der Waals surface area contributed by atoms with Crippen molar-refractivity contribution < 1.29 is 55.2 Å². The fraction of sp³-hybridized carbons (Fsp3) is 0.236. The number of rotatable bonds is 8. The first-order chi connectivity index (χ1) is 36.3. The van der Waals surface area contributed by atoms with Gasteiger partial charge in [-0.05, 0) is 119 Å². The van der Waals surface area contributed by atoms with E-state index in [9.17, 15) is 45.5 Å². The summed E-state index contributed by atoms with van der Waals surface area (Å²) in [5.74, 6) is -1.50. The first-order valence-corrected chi connectivity index (χ1v) is 25.3. The van der Waals surface area contributed by atoms with E-state index in [4.69, 9.17) is 9.84 Å². The Bertz CT molecular complexity index is 3510. The molecule has 0 radical (unpaired) electrons. The molecule has 1 fully saturated rings. The monoisotopic (exact) mass is 1180 g/mol. The molecule has 21 heteroatoms. The van der Waals surface area contributed by atoms with Gasteiger partial charge in [-0.1, -0.05) is 101 Å². The lowest BCUT2D eigenvalue weighted by Crippen LogP contribution is -2.30. The number of alkyl halides is 6. The van der Waals surface area contributed by atoms with Gasteiger partial charge in [0.2, 0.25) is 5.91 Å². The number of fused-ring (bicyclic) bond motifs is 4. The number of anilines is 1. The lowest BCUT2D eigenvalue weighted by molar-refractivity contribution is -0.275. The number of aromatic nitrogens is 4. The van der Waals surface area contributed by atoms with Crippen molar-refractivity contribution in [2.24, 2.45) is 0 Å². The maximum absolute atomic E-state index is 13.1. The van der Waals surface area contributed by atoms with Gasteiger partial charge in [0.25, 0.3) is 11.1 Å². The Morgan fingerprint density at radius 1 is 0.605 bits per heavy atom. The van der Waals surface area contributed by atoms with E-state index in [2.05, 4.69) is 61.7 Å². The molecule has 1 amide bonds. The molecule has 2 aromatic heterocycles. The molecular formula is C55H45Br2F6N5O8. The second-order valence-electron chi connectivity index (χ2n) is 17.6. The average molecular weight is 1180 g/mol. The third-order valence-corrected chi connectivity index (χ3v) is 13.6. The molecule has 76 heavy (non-hydrogen) atoms. The van der Waals surface area contributed by atoms with Gasteiger partial charge in [0, 0.05) is 50.6 Å². The molecule has 11 rings (SSSR count). The van der Waals surface area contributed by atoms with Crippen LogP contribution < -0.4 is 25.5 Å². The Hall–Kier alpha value is -7.36. The summed E-state index contributed by atoms with van der Waals surface area (Å²) >= 11 is 6.54. The molecule has 0 saturated carbocycles. The van der Waals surface area contributed by atoms with Crippen LogP contribution in [0.25, 0.3) is 44.1 Å². The minimum Gasteiger partial charge on any atom is -0.481 e. The second-order valence-corrected chi connectivity index (χ2v) is 19.3. The highest BCUT2D eigenvalue weighted by molar-refractivity contribution is 9.11. The molecule has 0 spiro atoms. The van der Waals surface area contributed by atoms with Gasteiger partial charge in [0.1, 0.15) is 11.5 Å². The molecule has 4 heterocycles. The Balaban J connectivity index is 0.000000157. The van der Waals surface area contributed by atoms with Crippen molar-refractivity contribution in [1.82, 2.24) is 20.4 Å². The van der Waals surface area contributed by atoms with Crippen molar-refractivity contribution in [2.75, 3.05) is 24.7 Å². The Morgan fingerprint density at radius 2 is 1.08 bits per heavy atom. The fourth-order valence-corrected chi connectivity index (χ4v) is 10.3. The summed E-state index contributed by atoms with van der Waals surface area (Å²) in [6.07, 6.45) is -3.59. The van der Waals surface area contributed by atoms with Crippen LogP contribution in [0.1, 0.15) is 47.1 Å². The Labute approximate surface area is 446 Å². The summed E-state index contributed by atoms with van der Waals surface area (Å²) in [5.41, 5.74) is 7.15. The summed E-state index contributed by atoms with van der Waals surface area (Å²) in [6, 6.07) is 34.3. The predicted octanol–water partition coefficient (Wildman–Crippen LogP) is 12.2. The van der Waals surface area contributed by atoms with E-state index in [1.165, 1.54) is 37.1 Å². The molecule has 0 atom stereocenters. The van der Waals surface area contributed by atoms with Gasteiger partial charge in [-0.3, -0.25) is 19.2 Å². The highest BCUT2D eigenvalue weighted by Gasteiger charge is 2.34. The van der Waals surface area contributed by atoms with Gasteiger partial charge in [0.05, 0.1) is 40.7 Å². The van der Waals surface area contributed by atoms with Gasteiger partial charge in [-0.15, -0.1) is 26.3 Å². The van der Waals surface area contributed by atoms with Crippen LogP contribution >= 0.6 is 31.9 Å². The van der Waals surface area contributed by atoms with E-state index < -0.39 is 18.7 Å². The van der Waals surface area contributed by atoms with Gasteiger partial charge in [0.15, 0.2) is 0 Å². The number of hydrogen-bond acceptors (Lipinski definition) is 9. The molecule has 0 bridgehead atoms. The van der Waals surface area contributed by atoms with Crippen LogP contribution in [0, 0.1) is 0 Å². The van der Waals surface area contributed by atoms with Gasteiger partial charge < -0.3 is 24.2 Å². The fourth-order valence-electron chi connectivity index (χ4n) is 8.91. The van der Waals surface area contributed by atoms with E-state index in [0.29, 0.717) is 55.3 Å². The summed E-state index contributed by atoms with van der Waals surface area (Å²) < 4.78 is 87.6. The van der Waals surface area contributed by atoms with E-state index in [1.54, 1.807) is 41.3 Å². The van der Waals surface area contributed by atoms with Crippen LogP contribution in [0.4, 0.5) is 32.0 Å². The average Bonchev–Trinajstić information content (AvgIpc) is 4.20. The van der Waals surface area contributed by atoms with E-state index in [0.717, 1.165) is 76.6 Å². The summed E-state index contributed by atoms with van der Waals surface area (Å²) in [7, 11) is 0. The zero-order chi connectivity index (χ0) is 54.1. The van der Waals surface area contributed by atoms with Crippen LogP contribution in [0.15, 0.2) is 140 Å². The first-order valence-electron chi connectivity index (χ1n) is 23.7. The first kappa shape index (κ1) is 54.9. The summed E-state index contributed by atoms with van der Waals surface area (Å²) in [6.45, 7) is 2.37. The van der Waals surface area contributed by atoms with Crippen LogP contribution in [0.2, 0.25) is 0 Å². The number of nitrogens with one attached hydrogen (secondary N) is 2.